The SMILES string of the molecule is CN1C(=O)c2ccc(C(=O)NC[C@@H](O)c3ccc(F)c(F)c3)cc2C1=O. The van der Waals surface area contributed by atoms with Crippen LogP contribution in [0.4, 0.5) is 8.78 Å². The molecule has 1 aliphatic heterocycles. The van der Waals surface area contributed by atoms with Gasteiger partial charge in [-0.3, -0.25) is 19.3 Å². The van der Waals surface area contributed by atoms with E-state index in [1.54, 1.807) is 0 Å². The van der Waals surface area contributed by atoms with Gasteiger partial charge in [0.2, 0.25) is 0 Å². The molecule has 0 bridgehead atoms. The van der Waals surface area contributed by atoms with E-state index < -0.39 is 35.5 Å². The quantitative estimate of drug-likeness (QED) is 0.812. The summed E-state index contributed by atoms with van der Waals surface area (Å²) in [5.41, 5.74) is 0.598. The Bertz CT molecular complexity index is 929. The van der Waals surface area contributed by atoms with E-state index in [2.05, 4.69) is 5.32 Å². The van der Waals surface area contributed by atoms with Crippen LogP contribution < -0.4 is 5.32 Å². The van der Waals surface area contributed by atoms with E-state index in [0.717, 1.165) is 17.0 Å². The number of nitrogens with zero attached hydrogens (tertiary/aromatic N) is 1. The number of aliphatic hydroxyl groups is 1. The third kappa shape index (κ3) is 3.06. The van der Waals surface area contributed by atoms with Gasteiger partial charge in [0.15, 0.2) is 11.6 Å². The van der Waals surface area contributed by atoms with Gasteiger partial charge in [0.1, 0.15) is 0 Å². The zero-order valence-electron chi connectivity index (χ0n) is 13.6. The zero-order chi connectivity index (χ0) is 19.0. The van der Waals surface area contributed by atoms with Crippen molar-refractivity contribution in [1.82, 2.24) is 10.2 Å². The maximum absolute atomic E-state index is 13.2. The highest BCUT2D eigenvalue weighted by Gasteiger charge is 2.33. The van der Waals surface area contributed by atoms with Gasteiger partial charge < -0.3 is 10.4 Å². The second kappa shape index (κ2) is 6.64. The van der Waals surface area contributed by atoms with Crippen molar-refractivity contribution in [3.8, 4) is 0 Å². The van der Waals surface area contributed by atoms with Crippen molar-refractivity contribution >= 4 is 17.7 Å². The van der Waals surface area contributed by atoms with Crippen LogP contribution in [0, 0.1) is 11.6 Å². The number of imide groups is 1. The number of hydrogen-bond acceptors (Lipinski definition) is 4. The molecule has 1 aliphatic rings. The number of halogens is 2. The number of nitrogens with one attached hydrogen (secondary N) is 1. The molecule has 0 saturated carbocycles. The number of fused-ring (bicyclic) bond motifs is 1. The Morgan fingerprint density at radius 2 is 1.77 bits per heavy atom. The smallest absolute Gasteiger partial charge is 0.261 e. The van der Waals surface area contributed by atoms with Crippen LogP contribution in [0.5, 0.6) is 0 Å². The van der Waals surface area contributed by atoms with E-state index in [9.17, 15) is 28.3 Å². The number of carbonyl (C=O) groups excluding carboxylic acids is 3. The first-order chi connectivity index (χ1) is 12.3. The highest BCUT2D eigenvalue weighted by Crippen LogP contribution is 2.23. The maximum atomic E-state index is 13.2. The fourth-order valence-corrected chi connectivity index (χ4v) is 2.63. The first-order valence-electron chi connectivity index (χ1n) is 7.67. The molecular formula is C18H14F2N2O4. The fraction of sp³-hybridized carbons (Fsp3) is 0.167. The minimum absolute atomic E-state index is 0.112. The summed E-state index contributed by atoms with van der Waals surface area (Å²) in [5.74, 6) is -3.65. The average molecular weight is 360 g/mol. The molecule has 1 atom stereocenters. The predicted octanol–water partition coefficient (Wildman–Crippen LogP) is 1.65. The van der Waals surface area contributed by atoms with Gasteiger partial charge >= 0.3 is 0 Å². The molecule has 8 heteroatoms. The van der Waals surface area contributed by atoms with Crippen LogP contribution in [0.25, 0.3) is 0 Å². The third-order valence-corrected chi connectivity index (χ3v) is 4.14. The fourth-order valence-electron chi connectivity index (χ4n) is 2.63. The second-order valence-electron chi connectivity index (χ2n) is 5.83. The molecule has 0 aliphatic carbocycles. The number of amides is 3. The van der Waals surface area contributed by atoms with Crippen LogP contribution in [-0.2, 0) is 0 Å². The number of benzene rings is 2. The van der Waals surface area contributed by atoms with E-state index in [4.69, 9.17) is 0 Å². The minimum Gasteiger partial charge on any atom is -0.387 e. The van der Waals surface area contributed by atoms with Crippen molar-refractivity contribution in [2.24, 2.45) is 0 Å². The number of hydrogen-bond donors (Lipinski definition) is 2. The van der Waals surface area contributed by atoms with Crippen molar-refractivity contribution in [2.75, 3.05) is 13.6 Å². The molecule has 1 heterocycles. The number of rotatable bonds is 4. The highest BCUT2D eigenvalue weighted by atomic mass is 19.2. The summed E-state index contributed by atoms with van der Waals surface area (Å²) in [6, 6.07) is 7.03. The van der Waals surface area contributed by atoms with Crippen LogP contribution in [0.1, 0.15) is 42.7 Å². The van der Waals surface area contributed by atoms with Crippen LogP contribution in [-0.4, -0.2) is 41.3 Å². The lowest BCUT2D eigenvalue weighted by molar-refractivity contribution is 0.0693. The van der Waals surface area contributed by atoms with E-state index in [-0.39, 0.29) is 28.8 Å². The summed E-state index contributed by atoms with van der Waals surface area (Å²) in [6.07, 6.45) is -1.24. The van der Waals surface area contributed by atoms with Gasteiger partial charge in [-0.1, -0.05) is 6.07 Å². The first-order valence-corrected chi connectivity index (χ1v) is 7.67. The average Bonchev–Trinajstić information content (AvgIpc) is 2.85. The Morgan fingerprint density at radius 1 is 1.08 bits per heavy atom. The van der Waals surface area contributed by atoms with Crippen molar-refractivity contribution in [3.63, 3.8) is 0 Å². The Morgan fingerprint density at radius 3 is 2.46 bits per heavy atom. The lowest BCUT2D eigenvalue weighted by Gasteiger charge is -2.13. The molecule has 2 aromatic carbocycles. The molecular weight excluding hydrogens is 346 g/mol. The van der Waals surface area contributed by atoms with Gasteiger partial charge in [-0.05, 0) is 35.9 Å². The van der Waals surface area contributed by atoms with E-state index in [1.807, 2.05) is 0 Å². The molecule has 3 rings (SSSR count). The van der Waals surface area contributed by atoms with Gasteiger partial charge in [0.25, 0.3) is 17.7 Å². The minimum atomic E-state index is -1.24. The van der Waals surface area contributed by atoms with Gasteiger partial charge in [0, 0.05) is 19.2 Å². The molecule has 0 unspecified atom stereocenters. The predicted molar refractivity (Wildman–Crippen MR) is 86.5 cm³/mol. The summed E-state index contributed by atoms with van der Waals surface area (Å²) in [4.78, 5) is 36.9. The van der Waals surface area contributed by atoms with E-state index >= 15 is 0 Å². The van der Waals surface area contributed by atoms with Crippen LogP contribution in [0.3, 0.4) is 0 Å². The molecule has 0 aromatic heterocycles. The summed E-state index contributed by atoms with van der Waals surface area (Å²) in [7, 11) is 1.35. The normalized spacial score (nSPS) is 14.4. The summed E-state index contributed by atoms with van der Waals surface area (Å²) in [5, 5.41) is 12.4. The summed E-state index contributed by atoms with van der Waals surface area (Å²) in [6.45, 7) is -0.242. The molecule has 0 spiro atoms. The monoisotopic (exact) mass is 360 g/mol. The summed E-state index contributed by atoms with van der Waals surface area (Å²) < 4.78 is 26.1. The molecule has 3 amide bonds. The maximum Gasteiger partial charge on any atom is 0.261 e. The molecule has 0 radical (unpaired) electrons. The van der Waals surface area contributed by atoms with Gasteiger partial charge in [-0.15, -0.1) is 0 Å². The highest BCUT2D eigenvalue weighted by molar-refractivity contribution is 6.21. The van der Waals surface area contributed by atoms with Crippen molar-refractivity contribution < 1.29 is 28.3 Å². The Labute approximate surface area is 147 Å². The Hall–Kier alpha value is -3.13. The molecule has 0 fully saturated rings. The van der Waals surface area contributed by atoms with Crippen molar-refractivity contribution in [2.45, 2.75) is 6.10 Å². The lowest BCUT2D eigenvalue weighted by Crippen LogP contribution is -2.28. The van der Waals surface area contributed by atoms with Gasteiger partial charge in [-0.25, -0.2) is 8.78 Å². The van der Waals surface area contributed by atoms with Crippen molar-refractivity contribution in [3.05, 3.63) is 70.3 Å². The topological polar surface area (TPSA) is 86.7 Å². The Kier molecular flexibility index (Phi) is 4.52. The number of carbonyl (C=O) groups is 3. The molecule has 6 nitrogen and oxygen atoms in total. The molecule has 134 valence electrons. The van der Waals surface area contributed by atoms with E-state index in [1.165, 1.54) is 31.3 Å². The molecule has 2 N–H and O–H groups in total. The van der Waals surface area contributed by atoms with Crippen LogP contribution >= 0.6 is 0 Å². The molecule has 26 heavy (non-hydrogen) atoms. The molecule has 2 aromatic rings. The van der Waals surface area contributed by atoms with Crippen LogP contribution in [0.2, 0.25) is 0 Å². The van der Waals surface area contributed by atoms with Gasteiger partial charge in [0.05, 0.1) is 17.2 Å². The standard InChI is InChI=1S/C18H14F2N2O4/c1-22-17(25)11-4-2-10(6-12(11)18(22)26)16(24)21-8-15(23)9-3-5-13(19)14(20)7-9/h2-7,15,23H,8H2,1H3,(H,21,24)/t15-/m1/s1. The third-order valence-electron chi connectivity index (χ3n) is 4.14. The second-order valence-corrected chi connectivity index (χ2v) is 5.83. The van der Waals surface area contributed by atoms with Crippen molar-refractivity contribution in [1.29, 1.82) is 0 Å². The van der Waals surface area contributed by atoms with E-state index in [0.29, 0.717) is 0 Å². The Balaban J connectivity index is 1.70. The van der Waals surface area contributed by atoms with Crippen LogP contribution in [0.15, 0.2) is 36.4 Å². The zero-order valence-corrected chi connectivity index (χ0v) is 13.6. The summed E-state index contributed by atoms with van der Waals surface area (Å²) >= 11 is 0. The van der Waals surface area contributed by atoms with Gasteiger partial charge in [-0.2, -0.15) is 0 Å². The lowest BCUT2D eigenvalue weighted by atomic mass is 10.0. The molecule has 0 saturated heterocycles. The largest absolute Gasteiger partial charge is 0.387 e. The first kappa shape index (κ1) is 17.7. The number of aliphatic hydroxyl groups excluding tert-OH is 1.